The molecule has 0 N–H and O–H groups in total. The Morgan fingerprint density at radius 2 is 1.22 bits per heavy atom. The molecule has 27 heavy (non-hydrogen) atoms. The summed E-state index contributed by atoms with van der Waals surface area (Å²) in [5, 5.41) is 6.39. The van der Waals surface area contributed by atoms with Gasteiger partial charge in [-0.05, 0) is 39.9 Å². The SMILES string of the molecule is CN(c1ccc(-c2cccc3ccccc23)s1)c1cccc2ccccc12. The van der Waals surface area contributed by atoms with Gasteiger partial charge in [-0.1, -0.05) is 78.9 Å². The van der Waals surface area contributed by atoms with E-state index in [0.717, 1.165) is 0 Å². The topological polar surface area (TPSA) is 3.24 Å². The maximum Gasteiger partial charge on any atom is 0.0957 e. The second kappa shape index (κ2) is 6.57. The Morgan fingerprint density at radius 3 is 2.04 bits per heavy atom. The number of thiophene rings is 1. The molecule has 5 rings (SSSR count). The van der Waals surface area contributed by atoms with Crippen LogP contribution in [0.15, 0.2) is 97.1 Å². The summed E-state index contributed by atoms with van der Waals surface area (Å²) in [7, 11) is 2.15. The van der Waals surface area contributed by atoms with Crippen molar-refractivity contribution >= 4 is 43.6 Å². The number of hydrogen-bond acceptors (Lipinski definition) is 2. The van der Waals surface area contributed by atoms with E-state index in [2.05, 4.69) is 109 Å². The number of rotatable bonds is 3. The highest BCUT2D eigenvalue weighted by Gasteiger charge is 2.12. The van der Waals surface area contributed by atoms with Crippen LogP contribution in [0.25, 0.3) is 32.0 Å². The molecule has 130 valence electrons. The van der Waals surface area contributed by atoms with E-state index in [4.69, 9.17) is 0 Å². The first-order valence-electron chi connectivity index (χ1n) is 9.11. The van der Waals surface area contributed by atoms with Crippen LogP contribution >= 0.6 is 11.3 Å². The predicted molar refractivity (Wildman–Crippen MR) is 119 cm³/mol. The van der Waals surface area contributed by atoms with Crippen molar-refractivity contribution in [2.24, 2.45) is 0 Å². The molecule has 0 bridgehead atoms. The van der Waals surface area contributed by atoms with E-state index in [9.17, 15) is 0 Å². The van der Waals surface area contributed by atoms with Gasteiger partial charge < -0.3 is 4.90 Å². The van der Waals surface area contributed by atoms with E-state index in [0.29, 0.717) is 0 Å². The van der Waals surface area contributed by atoms with Crippen molar-refractivity contribution < 1.29 is 0 Å². The first-order chi connectivity index (χ1) is 13.3. The van der Waals surface area contributed by atoms with Gasteiger partial charge in [-0.3, -0.25) is 0 Å². The Hall–Kier alpha value is -3.10. The molecule has 2 heteroatoms. The minimum atomic E-state index is 1.24. The predicted octanol–water partition coefficient (Wildman–Crippen LogP) is 7.49. The van der Waals surface area contributed by atoms with E-state index < -0.39 is 0 Å². The molecule has 0 saturated heterocycles. The molecule has 0 saturated carbocycles. The molecule has 0 radical (unpaired) electrons. The molecule has 5 aromatic rings. The van der Waals surface area contributed by atoms with Gasteiger partial charge in [-0.2, -0.15) is 0 Å². The van der Waals surface area contributed by atoms with Crippen molar-refractivity contribution in [1.29, 1.82) is 0 Å². The van der Waals surface area contributed by atoms with Crippen LogP contribution in [0.3, 0.4) is 0 Å². The van der Waals surface area contributed by atoms with Crippen LogP contribution in [-0.4, -0.2) is 7.05 Å². The molecule has 4 aromatic carbocycles. The number of hydrogen-bond donors (Lipinski definition) is 0. The third kappa shape index (κ3) is 2.79. The average Bonchev–Trinajstić information content (AvgIpc) is 3.22. The second-order valence-corrected chi connectivity index (χ2v) is 7.78. The number of fused-ring (bicyclic) bond motifs is 2. The first-order valence-corrected chi connectivity index (χ1v) is 9.92. The number of benzene rings is 4. The Kier molecular flexibility index (Phi) is 3.92. The lowest BCUT2D eigenvalue weighted by atomic mass is 10.0. The van der Waals surface area contributed by atoms with Gasteiger partial charge in [-0.25, -0.2) is 0 Å². The van der Waals surface area contributed by atoms with Crippen molar-refractivity contribution in [3.05, 3.63) is 97.1 Å². The summed E-state index contributed by atoms with van der Waals surface area (Å²) < 4.78 is 0. The third-order valence-electron chi connectivity index (χ3n) is 5.11. The van der Waals surface area contributed by atoms with Gasteiger partial charge in [0.05, 0.1) is 5.00 Å². The third-order valence-corrected chi connectivity index (χ3v) is 6.30. The summed E-state index contributed by atoms with van der Waals surface area (Å²) in [6.07, 6.45) is 0. The van der Waals surface area contributed by atoms with Gasteiger partial charge in [-0.15, -0.1) is 11.3 Å². The maximum absolute atomic E-state index is 2.29. The van der Waals surface area contributed by atoms with Gasteiger partial charge in [0.2, 0.25) is 0 Å². The van der Waals surface area contributed by atoms with Crippen molar-refractivity contribution in [3.8, 4) is 10.4 Å². The quantitative estimate of drug-likeness (QED) is 0.320. The van der Waals surface area contributed by atoms with Gasteiger partial charge in [0.1, 0.15) is 0 Å². The molecule has 0 aliphatic rings. The zero-order valence-electron chi connectivity index (χ0n) is 15.1. The monoisotopic (exact) mass is 365 g/mol. The number of anilines is 2. The molecule has 0 atom stereocenters. The van der Waals surface area contributed by atoms with Crippen LogP contribution in [0.4, 0.5) is 10.7 Å². The number of nitrogens with zero attached hydrogens (tertiary/aromatic N) is 1. The van der Waals surface area contributed by atoms with E-state index >= 15 is 0 Å². The molecule has 1 nitrogen and oxygen atoms in total. The van der Waals surface area contributed by atoms with Crippen molar-refractivity contribution in [1.82, 2.24) is 0 Å². The molecule has 0 fully saturated rings. The second-order valence-electron chi connectivity index (χ2n) is 6.72. The Morgan fingerprint density at radius 1 is 0.593 bits per heavy atom. The standard InChI is InChI=1S/C25H19NS/c1-26(23-15-7-11-19-9-3-5-13-21(19)23)25-17-16-24(27-25)22-14-6-10-18-8-2-4-12-20(18)22/h2-17H,1H3. The average molecular weight is 366 g/mol. The highest BCUT2D eigenvalue weighted by atomic mass is 32.1. The normalized spacial score (nSPS) is 11.1. The summed E-state index contributed by atoms with van der Waals surface area (Å²) >= 11 is 1.84. The molecule has 0 aliphatic heterocycles. The fraction of sp³-hybridized carbons (Fsp3) is 0.0400. The van der Waals surface area contributed by atoms with E-state index in [1.807, 2.05) is 11.3 Å². The lowest BCUT2D eigenvalue weighted by molar-refractivity contribution is 1.25. The van der Waals surface area contributed by atoms with Gasteiger partial charge in [0.25, 0.3) is 0 Å². The van der Waals surface area contributed by atoms with E-state index in [-0.39, 0.29) is 0 Å². The lowest BCUT2D eigenvalue weighted by Gasteiger charge is -2.19. The van der Waals surface area contributed by atoms with Gasteiger partial charge in [0.15, 0.2) is 0 Å². The van der Waals surface area contributed by atoms with Gasteiger partial charge in [0, 0.05) is 23.0 Å². The molecule has 0 aliphatic carbocycles. The van der Waals surface area contributed by atoms with E-state index in [1.165, 1.54) is 42.7 Å². The Balaban J connectivity index is 1.59. The zero-order chi connectivity index (χ0) is 18.2. The molecule has 1 aromatic heterocycles. The van der Waals surface area contributed by atoms with Crippen molar-refractivity contribution in [2.75, 3.05) is 11.9 Å². The highest BCUT2D eigenvalue weighted by Crippen LogP contribution is 2.40. The summed E-state index contributed by atoms with van der Waals surface area (Å²) in [4.78, 5) is 3.59. The van der Waals surface area contributed by atoms with Crippen LogP contribution in [0.5, 0.6) is 0 Å². The molecule has 0 spiro atoms. The Labute approximate surface area is 163 Å². The van der Waals surface area contributed by atoms with Crippen LogP contribution in [0.1, 0.15) is 0 Å². The first kappa shape index (κ1) is 16.1. The molecule has 0 unspecified atom stereocenters. The fourth-order valence-electron chi connectivity index (χ4n) is 3.71. The maximum atomic E-state index is 2.29. The van der Waals surface area contributed by atoms with Crippen LogP contribution in [-0.2, 0) is 0 Å². The van der Waals surface area contributed by atoms with Crippen LogP contribution in [0.2, 0.25) is 0 Å². The highest BCUT2D eigenvalue weighted by molar-refractivity contribution is 7.19. The zero-order valence-corrected chi connectivity index (χ0v) is 15.9. The molecular formula is C25H19NS. The lowest BCUT2D eigenvalue weighted by Crippen LogP contribution is -2.07. The minimum Gasteiger partial charge on any atom is -0.336 e. The van der Waals surface area contributed by atoms with Crippen molar-refractivity contribution in [2.45, 2.75) is 0 Å². The Bertz CT molecular complexity index is 1240. The minimum absolute atomic E-state index is 1.24. The van der Waals surface area contributed by atoms with Crippen LogP contribution in [0, 0.1) is 0 Å². The molecule has 1 heterocycles. The smallest absolute Gasteiger partial charge is 0.0957 e. The summed E-state index contributed by atoms with van der Waals surface area (Å²) in [5.74, 6) is 0. The van der Waals surface area contributed by atoms with Crippen LogP contribution < -0.4 is 4.90 Å². The summed E-state index contributed by atoms with van der Waals surface area (Å²) in [5.41, 5.74) is 2.54. The molecular weight excluding hydrogens is 346 g/mol. The molecule has 0 amide bonds. The van der Waals surface area contributed by atoms with Gasteiger partial charge >= 0.3 is 0 Å². The fourth-order valence-corrected chi connectivity index (χ4v) is 4.73. The van der Waals surface area contributed by atoms with Crippen molar-refractivity contribution in [3.63, 3.8) is 0 Å². The van der Waals surface area contributed by atoms with E-state index in [1.54, 1.807) is 0 Å². The summed E-state index contributed by atoms with van der Waals surface area (Å²) in [6.45, 7) is 0. The largest absolute Gasteiger partial charge is 0.336 e. The summed E-state index contributed by atoms with van der Waals surface area (Å²) in [6, 6.07) is 34.7.